The summed E-state index contributed by atoms with van der Waals surface area (Å²) in [5.41, 5.74) is 6.33. The SMILES string of the molecule is CSc1ccc(-c2nc(C3(N)CCCC3)no2)cc1[N+](=O)[O-]. The van der Waals surface area contributed by atoms with Crippen molar-refractivity contribution in [3.8, 4) is 11.5 Å². The molecule has 116 valence electrons. The Bertz CT molecular complexity index is 710. The average Bonchev–Trinajstić information content (AvgIpc) is 3.16. The van der Waals surface area contributed by atoms with Crippen molar-refractivity contribution in [3.05, 3.63) is 34.1 Å². The van der Waals surface area contributed by atoms with Crippen LogP contribution >= 0.6 is 11.8 Å². The third-order valence-electron chi connectivity index (χ3n) is 3.99. The highest BCUT2D eigenvalue weighted by Crippen LogP contribution is 2.36. The number of aromatic nitrogens is 2. The lowest BCUT2D eigenvalue weighted by Gasteiger charge is -2.17. The minimum absolute atomic E-state index is 0.0353. The van der Waals surface area contributed by atoms with Gasteiger partial charge in [0.15, 0.2) is 5.82 Å². The van der Waals surface area contributed by atoms with Gasteiger partial charge < -0.3 is 10.3 Å². The van der Waals surface area contributed by atoms with Crippen molar-refractivity contribution >= 4 is 17.4 Å². The van der Waals surface area contributed by atoms with Gasteiger partial charge in [-0.15, -0.1) is 11.8 Å². The van der Waals surface area contributed by atoms with E-state index in [1.54, 1.807) is 18.4 Å². The highest BCUT2D eigenvalue weighted by atomic mass is 32.2. The molecule has 1 aliphatic rings. The van der Waals surface area contributed by atoms with Gasteiger partial charge in [-0.25, -0.2) is 0 Å². The number of nitrogens with zero attached hydrogens (tertiary/aromatic N) is 3. The third kappa shape index (κ3) is 2.59. The summed E-state index contributed by atoms with van der Waals surface area (Å²) in [4.78, 5) is 15.7. The second-order valence-electron chi connectivity index (χ2n) is 5.43. The van der Waals surface area contributed by atoms with Crippen molar-refractivity contribution < 1.29 is 9.45 Å². The lowest BCUT2D eigenvalue weighted by Crippen LogP contribution is -2.34. The van der Waals surface area contributed by atoms with E-state index in [9.17, 15) is 10.1 Å². The molecule has 7 nitrogen and oxygen atoms in total. The highest BCUT2D eigenvalue weighted by molar-refractivity contribution is 7.98. The van der Waals surface area contributed by atoms with E-state index in [-0.39, 0.29) is 11.6 Å². The lowest BCUT2D eigenvalue weighted by atomic mass is 9.99. The van der Waals surface area contributed by atoms with Crippen molar-refractivity contribution in [2.75, 3.05) is 6.26 Å². The first-order valence-electron chi connectivity index (χ1n) is 6.99. The van der Waals surface area contributed by atoms with Gasteiger partial charge in [-0.3, -0.25) is 10.1 Å². The van der Waals surface area contributed by atoms with E-state index in [2.05, 4.69) is 10.1 Å². The van der Waals surface area contributed by atoms with Gasteiger partial charge in [0.05, 0.1) is 15.4 Å². The number of hydrogen-bond donors (Lipinski definition) is 1. The largest absolute Gasteiger partial charge is 0.334 e. The molecule has 1 fully saturated rings. The lowest BCUT2D eigenvalue weighted by molar-refractivity contribution is -0.387. The minimum atomic E-state index is -0.535. The Balaban J connectivity index is 1.96. The van der Waals surface area contributed by atoms with E-state index in [4.69, 9.17) is 10.3 Å². The Morgan fingerprint density at radius 3 is 2.77 bits per heavy atom. The summed E-state index contributed by atoms with van der Waals surface area (Å²) < 4.78 is 5.27. The van der Waals surface area contributed by atoms with Crippen LogP contribution in [0, 0.1) is 10.1 Å². The molecule has 0 aliphatic heterocycles. The Morgan fingerprint density at radius 2 is 2.14 bits per heavy atom. The van der Waals surface area contributed by atoms with Crippen LogP contribution < -0.4 is 5.73 Å². The normalized spacial score (nSPS) is 16.8. The van der Waals surface area contributed by atoms with Crippen LogP contribution in [0.15, 0.2) is 27.6 Å². The van der Waals surface area contributed by atoms with Crippen LogP contribution in [0.4, 0.5) is 5.69 Å². The summed E-state index contributed by atoms with van der Waals surface area (Å²) in [7, 11) is 0. The number of benzene rings is 1. The number of nitro benzene ring substituents is 1. The highest BCUT2D eigenvalue weighted by Gasteiger charge is 2.36. The molecule has 1 aromatic carbocycles. The zero-order valence-corrected chi connectivity index (χ0v) is 12.9. The minimum Gasteiger partial charge on any atom is -0.334 e. The molecule has 0 saturated heterocycles. The van der Waals surface area contributed by atoms with Gasteiger partial charge in [-0.2, -0.15) is 4.98 Å². The monoisotopic (exact) mass is 320 g/mol. The molecule has 0 spiro atoms. The number of rotatable bonds is 4. The average molecular weight is 320 g/mol. The Kier molecular flexibility index (Phi) is 3.88. The molecule has 2 N–H and O–H groups in total. The molecule has 0 radical (unpaired) electrons. The van der Waals surface area contributed by atoms with E-state index in [0.29, 0.717) is 16.3 Å². The van der Waals surface area contributed by atoms with Crippen molar-refractivity contribution in [1.29, 1.82) is 0 Å². The van der Waals surface area contributed by atoms with Crippen LogP contribution in [0.25, 0.3) is 11.5 Å². The van der Waals surface area contributed by atoms with E-state index in [1.165, 1.54) is 17.8 Å². The summed E-state index contributed by atoms with van der Waals surface area (Å²) in [6, 6.07) is 4.89. The first-order valence-corrected chi connectivity index (χ1v) is 8.22. The summed E-state index contributed by atoms with van der Waals surface area (Å²) in [6.45, 7) is 0. The molecule has 8 heteroatoms. The molecule has 1 heterocycles. The maximum Gasteiger partial charge on any atom is 0.283 e. The first-order chi connectivity index (χ1) is 10.5. The number of nitrogens with two attached hydrogens (primary N) is 1. The molecule has 0 bridgehead atoms. The fourth-order valence-electron chi connectivity index (χ4n) is 2.74. The molecule has 1 aliphatic carbocycles. The van der Waals surface area contributed by atoms with Crippen molar-refractivity contribution in [3.63, 3.8) is 0 Å². The van der Waals surface area contributed by atoms with E-state index in [0.717, 1.165) is 25.7 Å². The summed E-state index contributed by atoms with van der Waals surface area (Å²) >= 11 is 1.32. The Morgan fingerprint density at radius 1 is 1.41 bits per heavy atom. The maximum atomic E-state index is 11.1. The first kappa shape index (κ1) is 15.0. The van der Waals surface area contributed by atoms with Gasteiger partial charge >= 0.3 is 0 Å². The van der Waals surface area contributed by atoms with Gasteiger partial charge in [0, 0.05) is 11.6 Å². The summed E-state index contributed by atoms with van der Waals surface area (Å²) in [5, 5.41) is 15.1. The standard InChI is InChI=1S/C14H16N4O3S/c1-22-11-5-4-9(8-10(11)18(19)20)12-16-13(17-21-12)14(15)6-2-3-7-14/h4-5,8H,2-3,6-7,15H2,1H3. The van der Waals surface area contributed by atoms with Gasteiger partial charge in [0.25, 0.3) is 11.6 Å². The second kappa shape index (κ2) is 5.69. The van der Waals surface area contributed by atoms with Crippen molar-refractivity contribution in [2.24, 2.45) is 5.73 Å². The van der Waals surface area contributed by atoms with Crippen LogP contribution in [0.2, 0.25) is 0 Å². The fourth-order valence-corrected chi connectivity index (χ4v) is 3.28. The van der Waals surface area contributed by atoms with Gasteiger partial charge in [0.1, 0.15) is 0 Å². The summed E-state index contributed by atoms with van der Waals surface area (Å²) in [6.07, 6.45) is 5.56. The van der Waals surface area contributed by atoms with E-state index < -0.39 is 10.5 Å². The fraction of sp³-hybridized carbons (Fsp3) is 0.429. The topological polar surface area (TPSA) is 108 Å². The quantitative estimate of drug-likeness (QED) is 0.524. The second-order valence-corrected chi connectivity index (χ2v) is 6.28. The van der Waals surface area contributed by atoms with Crippen LogP contribution in [-0.4, -0.2) is 21.3 Å². The zero-order chi connectivity index (χ0) is 15.7. The Hall–Kier alpha value is -1.93. The molecular weight excluding hydrogens is 304 g/mol. The molecule has 0 atom stereocenters. The predicted molar refractivity (Wildman–Crippen MR) is 82.5 cm³/mol. The molecule has 3 rings (SSSR count). The molecule has 0 amide bonds. The molecule has 2 aromatic rings. The van der Waals surface area contributed by atoms with Crippen molar-refractivity contribution in [1.82, 2.24) is 10.1 Å². The van der Waals surface area contributed by atoms with E-state index >= 15 is 0 Å². The molecule has 0 unspecified atom stereocenters. The number of nitro groups is 1. The molecule has 1 aromatic heterocycles. The van der Waals surface area contributed by atoms with Gasteiger partial charge in [-0.1, -0.05) is 18.0 Å². The van der Waals surface area contributed by atoms with Gasteiger partial charge in [-0.05, 0) is 31.2 Å². The molecular formula is C14H16N4O3S. The maximum absolute atomic E-state index is 11.1. The van der Waals surface area contributed by atoms with Gasteiger partial charge in [0.2, 0.25) is 0 Å². The molecule has 1 saturated carbocycles. The van der Waals surface area contributed by atoms with Crippen LogP contribution in [0.5, 0.6) is 0 Å². The predicted octanol–water partition coefficient (Wildman–Crippen LogP) is 3.09. The summed E-state index contributed by atoms with van der Waals surface area (Å²) in [5.74, 6) is 0.749. The number of thioether (sulfide) groups is 1. The van der Waals surface area contributed by atoms with Crippen LogP contribution in [0.3, 0.4) is 0 Å². The zero-order valence-electron chi connectivity index (χ0n) is 12.1. The number of hydrogen-bond acceptors (Lipinski definition) is 7. The third-order valence-corrected chi connectivity index (χ3v) is 4.77. The Labute approximate surface area is 131 Å². The smallest absolute Gasteiger partial charge is 0.283 e. The van der Waals surface area contributed by atoms with E-state index in [1.807, 2.05) is 0 Å². The van der Waals surface area contributed by atoms with Crippen LogP contribution in [-0.2, 0) is 5.54 Å². The molecule has 22 heavy (non-hydrogen) atoms. The van der Waals surface area contributed by atoms with Crippen molar-refractivity contribution in [2.45, 2.75) is 36.1 Å². The van der Waals surface area contributed by atoms with Crippen LogP contribution in [0.1, 0.15) is 31.5 Å².